The van der Waals surface area contributed by atoms with Gasteiger partial charge in [0.15, 0.2) is 0 Å². The number of likely N-dealkylation sites (tertiary alicyclic amines) is 1. The number of hydrogen-bond donors (Lipinski definition) is 2. The van der Waals surface area contributed by atoms with Gasteiger partial charge in [0.1, 0.15) is 0 Å². The van der Waals surface area contributed by atoms with Crippen LogP contribution in [0.5, 0.6) is 0 Å². The Bertz CT molecular complexity index is 324. The molecule has 2 aliphatic rings. The van der Waals surface area contributed by atoms with E-state index < -0.39 is 0 Å². The van der Waals surface area contributed by atoms with E-state index in [-0.39, 0.29) is 24.4 Å². The number of carbonyl (C=O) groups is 1. The minimum atomic E-state index is -0.0530. The number of nitrogens with one attached hydrogen (secondary N) is 1. The molecule has 0 aromatic rings. The summed E-state index contributed by atoms with van der Waals surface area (Å²) < 4.78 is 0. The van der Waals surface area contributed by atoms with Gasteiger partial charge in [-0.15, -0.1) is 19.0 Å². The number of hydrogen-bond acceptors (Lipinski definition) is 3. The van der Waals surface area contributed by atoms with Gasteiger partial charge in [0, 0.05) is 25.7 Å². The molecule has 2 rings (SSSR count). The highest BCUT2D eigenvalue weighted by atomic mass is 35.5. The smallest absolute Gasteiger partial charge is 0.237 e. The van der Waals surface area contributed by atoms with Crippen molar-refractivity contribution in [1.29, 1.82) is 0 Å². The number of nitrogens with two attached hydrogens (primary N) is 1. The molecule has 1 saturated heterocycles. The van der Waals surface area contributed by atoms with Gasteiger partial charge in [0.25, 0.3) is 0 Å². The highest BCUT2D eigenvalue weighted by Crippen LogP contribution is 2.36. The second kappa shape index (κ2) is 7.27. The third-order valence-electron chi connectivity index (χ3n) is 4.53. The van der Waals surface area contributed by atoms with Crippen molar-refractivity contribution in [2.75, 3.05) is 19.6 Å². The van der Waals surface area contributed by atoms with Crippen molar-refractivity contribution in [3.63, 3.8) is 0 Å². The predicted octanol–water partition coefficient (Wildman–Crippen LogP) is 1.16. The Morgan fingerprint density at radius 3 is 2.89 bits per heavy atom. The summed E-state index contributed by atoms with van der Waals surface area (Å²) in [5.74, 6) is 1.39. The van der Waals surface area contributed by atoms with Crippen molar-refractivity contribution >= 4 is 18.3 Å². The monoisotopic (exact) mass is 287 g/mol. The molecule has 4 unspecified atom stereocenters. The van der Waals surface area contributed by atoms with Crippen LogP contribution in [0.25, 0.3) is 0 Å². The van der Waals surface area contributed by atoms with E-state index in [9.17, 15) is 4.79 Å². The predicted molar refractivity (Wildman–Crippen MR) is 80.3 cm³/mol. The molecule has 19 heavy (non-hydrogen) atoms. The second-order valence-electron chi connectivity index (χ2n) is 5.68. The lowest BCUT2D eigenvalue weighted by molar-refractivity contribution is -0.125. The molecule has 1 saturated carbocycles. The molecule has 3 N–H and O–H groups in total. The molecule has 2 fully saturated rings. The maximum Gasteiger partial charge on any atom is 0.237 e. The Balaban J connectivity index is 0.00000180. The van der Waals surface area contributed by atoms with Crippen LogP contribution in [-0.4, -0.2) is 42.5 Å². The largest absolute Gasteiger partial charge is 0.351 e. The van der Waals surface area contributed by atoms with Gasteiger partial charge in [0.05, 0.1) is 6.04 Å². The van der Waals surface area contributed by atoms with E-state index in [1.165, 1.54) is 12.8 Å². The maximum atomic E-state index is 11.9. The average molecular weight is 288 g/mol. The topological polar surface area (TPSA) is 58.4 Å². The molecule has 5 heteroatoms. The highest BCUT2D eigenvalue weighted by Gasteiger charge is 2.41. The lowest BCUT2D eigenvalue weighted by atomic mass is 9.78. The van der Waals surface area contributed by atoms with E-state index in [1.54, 1.807) is 6.08 Å². The molecule has 1 aliphatic heterocycles. The summed E-state index contributed by atoms with van der Waals surface area (Å²) in [6, 6.07) is 0.278. The van der Waals surface area contributed by atoms with Crippen LogP contribution >= 0.6 is 12.4 Å². The zero-order valence-electron chi connectivity index (χ0n) is 11.7. The van der Waals surface area contributed by atoms with E-state index in [4.69, 9.17) is 5.73 Å². The maximum absolute atomic E-state index is 11.9. The van der Waals surface area contributed by atoms with Crippen LogP contribution in [0, 0.1) is 11.8 Å². The molecule has 1 aliphatic carbocycles. The molecule has 0 radical (unpaired) electrons. The zero-order chi connectivity index (χ0) is 13.1. The molecule has 1 heterocycles. The third kappa shape index (κ3) is 3.71. The van der Waals surface area contributed by atoms with Gasteiger partial charge in [-0.25, -0.2) is 0 Å². The first kappa shape index (κ1) is 16.5. The van der Waals surface area contributed by atoms with Crippen molar-refractivity contribution in [2.45, 2.75) is 38.3 Å². The van der Waals surface area contributed by atoms with Crippen molar-refractivity contribution in [3.8, 4) is 0 Å². The van der Waals surface area contributed by atoms with Crippen LogP contribution in [0.15, 0.2) is 12.7 Å². The number of amides is 1. The molecule has 1 amide bonds. The van der Waals surface area contributed by atoms with Crippen molar-refractivity contribution < 1.29 is 4.79 Å². The van der Waals surface area contributed by atoms with Crippen LogP contribution in [0.4, 0.5) is 0 Å². The van der Waals surface area contributed by atoms with Crippen LogP contribution in [0.3, 0.4) is 0 Å². The summed E-state index contributed by atoms with van der Waals surface area (Å²) in [6.45, 7) is 8.16. The van der Waals surface area contributed by atoms with Gasteiger partial charge in [-0.05, 0) is 31.6 Å². The quantitative estimate of drug-likeness (QED) is 0.763. The van der Waals surface area contributed by atoms with Crippen LogP contribution in [0.1, 0.15) is 26.2 Å². The molecule has 110 valence electrons. The number of rotatable bonds is 4. The standard InChI is InChI=1S/C14H25N3O.ClH/c1-3-7-16-14(18)10(2)17-8-11-5-4-6-13(15)12(11)9-17;/h3,10-13H,1,4-9,15H2,2H3,(H,16,18);1H. The number of fused-ring (bicyclic) bond motifs is 1. The first-order valence-corrected chi connectivity index (χ1v) is 7.01. The molecule has 4 nitrogen and oxygen atoms in total. The lowest BCUT2D eigenvalue weighted by Gasteiger charge is -2.30. The van der Waals surface area contributed by atoms with Crippen molar-refractivity contribution in [2.24, 2.45) is 17.6 Å². The van der Waals surface area contributed by atoms with Gasteiger partial charge >= 0.3 is 0 Å². The first-order valence-electron chi connectivity index (χ1n) is 7.01. The van der Waals surface area contributed by atoms with Crippen LogP contribution in [0.2, 0.25) is 0 Å². The number of halogens is 1. The third-order valence-corrected chi connectivity index (χ3v) is 4.53. The Kier molecular flexibility index (Phi) is 6.30. The Morgan fingerprint density at radius 1 is 1.53 bits per heavy atom. The minimum absolute atomic E-state index is 0. The molecular formula is C14H26ClN3O. The summed E-state index contributed by atoms with van der Waals surface area (Å²) in [7, 11) is 0. The Labute approximate surface area is 122 Å². The lowest BCUT2D eigenvalue weighted by Crippen LogP contribution is -2.44. The van der Waals surface area contributed by atoms with E-state index in [0.29, 0.717) is 24.4 Å². The first-order chi connectivity index (χ1) is 8.63. The number of carbonyl (C=O) groups excluding carboxylic acids is 1. The summed E-state index contributed by atoms with van der Waals surface area (Å²) >= 11 is 0. The SMILES string of the molecule is C=CCNC(=O)C(C)N1CC2CCCC(N)C2C1.Cl. The van der Waals surface area contributed by atoms with Gasteiger partial charge < -0.3 is 11.1 Å². The highest BCUT2D eigenvalue weighted by molar-refractivity contribution is 5.85. The fourth-order valence-electron chi connectivity index (χ4n) is 3.35. The zero-order valence-corrected chi connectivity index (χ0v) is 12.5. The fourth-order valence-corrected chi connectivity index (χ4v) is 3.35. The summed E-state index contributed by atoms with van der Waals surface area (Å²) in [6.07, 6.45) is 5.37. The Morgan fingerprint density at radius 2 is 2.26 bits per heavy atom. The van der Waals surface area contributed by atoms with Crippen molar-refractivity contribution in [3.05, 3.63) is 12.7 Å². The molecule has 0 aromatic carbocycles. The minimum Gasteiger partial charge on any atom is -0.351 e. The molecule has 0 aromatic heterocycles. The summed E-state index contributed by atoms with van der Waals surface area (Å²) in [5, 5.41) is 2.87. The van der Waals surface area contributed by atoms with Gasteiger partial charge in [-0.1, -0.05) is 12.5 Å². The second-order valence-corrected chi connectivity index (χ2v) is 5.68. The molecule has 4 atom stereocenters. The molecule has 0 bridgehead atoms. The summed E-state index contributed by atoms with van der Waals surface area (Å²) in [5.41, 5.74) is 6.20. The van der Waals surface area contributed by atoms with E-state index in [2.05, 4.69) is 16.8 Å². The average Bonchev–Trinajstić information content (AvgIpc) is 2.80. The van der Waals surface area contributed by atoms with Gasteiger partial charge in [0.2, 0.25) is 5.91 Å². The van der Waals surface area contributed by atoms with Gasteiger partial charge in [-0.2, -0.15) is 0 Å². The fraction of sp³-hybridized carbons (Fsp3) is 0.786. The molecular weight excluding hydrogens is 262 g/mol. The van der Waals surface area contributed by atoms with Crippen molar-refractivity contribution in [1.82, 2.24) is 10.2 Å². The van der Waals surface area contributed by atoms with E-state index in [0.717, 1.165) is 19.5 Å². The van der Waals surface area contributed by atoms with Crippen LogP contribution in [-0.2, 0) is 4.79 Å². The van der Waals surface area contributed by atoms with Gasteiger partial charge in [-0.3, -0.25) is 9.69 Å². The Hall–Kier alpha value is -0.580. The van der Waals surface area contributed by atoms with E-state index >= 15 is 0 Å². The normalized spacial score (nSPS) is 32.0. The molecule has 0 spiro atoms. The summed E-state index contributed by atoms with van der Waals surface area (Å²) in [4.78, 5) is 14.2. The number of nitrogens with zero attached hydrogens (tertiary/aromatic N) is 1. The van der Waals surface area contributed by atoms with Crippen LogP contribution < -0.4 is 11.1 Å². The van der Waals surface area contributed by atoms with E-state index in [1.807, 2.05) is 6.92 Å².